The van der Waals surface area contributed by atoms with Crippen molar-refractivity contribution in [2.45, 2.75) is 25.7 Å². The van der Waals surface area contributed by atoms with Crippen LogP contribution in [0.2, 0.25) is 0 Å². The number of rotatable bonds is 8. The van der Waals surface area contributed by atoms with Crippen LogP contribution in [-0.4, -0.2) is 86.0 Å². The van der Waals surface area contributed by atoms with Crippen LogP contribution in [0, 0.1) is 0 Å². The average Bonchev–Trinajstić information content (AvgIpc) is 2.86. The maximum atomic E-state index is 12.5. The standard InChI is InChI=1S/C18H30N4O3S/c1-20(2)26(24,25)16-4-12-21-11-3-13-22(15-14-21)18(23)6-5-17-7-9-19-10-8-17/h7-10H,3-6,11-16H2,1-2H3. The van der Waals surface area contributed by atoms with Crippen LogP contribution < -0.4 is 0 Å². The summed E-state index contributed by atoms with van der Waals surface area (Å²) in [6.07, 6.45) is 6.31. The second-order valence-corrected chi connectivity index (χ2v) is 9.19. The van der Waals surface area contributed by atoms with Crippen molar-refractivity contribution in [3.63, 3.8) is 0 Å². The molecule has 7 nitrogen and oxygen atoms in total. The van der Waals surface area contributed by atoms with Crippen molar-refractivity contribution in [1.29, 1.82) is 0 Å². The van der Waals surface area contributed by atoms with E-state index >= 15 is 0 Å². The van der Waals surface area contributed by atoms with Crippen LogP contribution in [0.3, 0.4) is 0 Å². The molecule has 26 heavy (non-hydrogen) atoms. The molecule has 2 heterocycles. The van der Waals surface area contributed by atoms with Crippen LogP contribution in [0.1, 0.15) is 24.8 Å². The predicted molar refractivity (Wildman–Crippen MR) is 102 cm³/mol. The summed E-state index contributed by atoms with van der Waals surface area (Å²) in [6, 6.07) is 3.89. The summed E-state index contributed by atoms with van der Waals surface area (Å²) in [6.45, 7) is 3.97. The Hall–Kier alpha value is -1.51. The Kier molecular flexibility index (Phi) is 7.99. The molecule has 0 spiro atoms. The minimum absolute atomic E-state index is 0.172. The number of hydrogen-bond donors (Lipinski definition) is 0. The van der Waals surface area contributed by atoms with Gasteiger partial charge in [0.1, 0.15) is 0 Å². The molecule has 0 atom stereocenters. The second-order valence-electron chi connectivity index (χ2n) is 6.88. The third-order valence-corrected chi connectivity index (χ3v) is 6.67. The second kappa shape index (κ2) is 9.99. The molecule has 1 aliphatic rings. The van der Waals surface area contributed by atoms with E-state index in [-0.39, 0.29) is 11.7 Å². The van der Waals surface area contributed by atoms with Crippen LogP contribution in [0.5, 0.6) is 0 Å². The Morgan fingerprint density at radius 3 is 2.58 bits per heavy atom. The van der Waals surface area contributed by atoms with Gasteiger partial charge in [0.2, 0.25) is 15.9 Å². The minimum atomic E-state index is -3.13. The zero-order valence-electron chi connectivity index (χ0n) is 15.8. The molecule has 1 fully saturated rings. The van der Waals surface area contributed by atoms with Crippen molar-refractivity contribution in [3.05, 3.63) is 30.1 Å². The van der Waals surface area contributed by atoms with Crippen molar-refractivity contribution in [2.24, 2.45) is 0 Å². The first-order valence-electron chi connectivity index (χ1n) is 9.18. The molecular weight excluding hydrogens is 352 g/mol. The fourth-order valence-electron chi connectivity index (χ4n) is 3.06. The van der Waals surface area contributed by atoms with E-state index in [4.69, 9.17) is 0 Å². The number of aromatic nitrogens is 1. The van der Waals surface area contributed by atoms with Gasteiger partial charge >= 0.3 is 0 Å². The molecule has 1 aromatic rings. The highest BCUT2D eigenvalue weighted by Crippen LogP contribution is 2.09. The lowest BCUT2D eigenvalue weighted by Gasteiger charge is -2.22. The Balaban J connectivity index is 1.72. The zero-order chi connectivity index (χ0) is 19.0. The van der Waals surface area contributed by atoms with Gasteiger partial charge in [-0.1, -0.05) is 0 Å². The first-order valence-corrected chi connectivity index (χ1v) is 10.8. The molecule has 1 saturated heterocycles. The molecule has 8 heteroatoms. The topological polar surface area (TPSA) is 73.8 Å². The van der Waals surface area contributed by atoms with Gasteiger partial charge in [-0.15, -0.1) is 0 Å². The molecular formula is C18H30N4O3S. The molecule has 0 unspecified atom stereocenters. The van der Waals surface area contributed by atoms with Crippen LogP contribution in [0.4, 0.5) is 0 Å². The predicted octanol–water partition coefficient (Wildman–Crippen LogP) is 0.830. The van der Waals surface area contributed by atoms with Crippen molar-refractivity contribution in [1.82, 2.24) is 19.1 Å². The molecule has 0 radical (unpaired) electrons. The molecule has 1 amide bonds. The van der Waals surface area contributed by atoms with E-state index < -0.39 is 10.0 Å². The van der Waals surface area contributed by atoms with E-state index in [9.17, 15) is 13.2 Å². The summed E-state index contributed by atoms with van der Waals surface area (Å²) in [5.74, 6) is 0.365. The lowest BCUT2D eigenvalue weighted by Crippen LogP contribution is -2.36. The van der Waals surface area contributed by atoms with E-state index in [1.807, 2.05) is 17.0 Å². The lowest BCUT2D eigenvalue weighted by molar-refractivity contribution is -0.131. The number of aryl methyl sites for hydroxylation is 1. The highest BCUT2D eigenvalue weighted by Gasteiger charge is 2.20. The quantitative estimate of drug-likeness (QED) is 0.666. The number of nitrogens with zero attached hydrogens (tertiary/aromatic N) is 4. The summed E-state index contributed by atoms with van der Waals surface area (Å²) in [5, 5.41) is 0. The Morgan fingerprint density at radius 1 is 1.15 bits per heavy atom. The van der Waals surface area contributed by atoms with Gasteiger partial charge in [-0.3, -0.25) is 9.78 Å². The molecule has 146 valence electrons. The Morgan fingerprint density at radius 2 is 1.88 bits per heavy atom. The third kappa shape index (κ3) is 6.66. The molecule has 0 aliphatic carbocycles. The van der Waals surface area contributed by atoms with Crippen LogP contribution in [0.25, 0.3) is 0 Å². The van der Waals surface area contributed by atoms with Gasteiger partial charge in [-0.2, -0.15) is 0 Å². The largest absolute Gasteiger partial charge is 0.341 e. The maximum absolute atomic E-state index is 12.5. The number of carbonyl (C=O) groups is 1. The summed E-state index contributed by atoms with van der Waals surface area (Å²) in [5.41, 5.74) is 1.13. The van der Waals surface area contributed by atoms with Gasteiger partial charge in [-0.25, -0.2) is 12.7 Å². The number of carbonyl (C=O) groups excluding carboxylic acids is 1. The highest BCUT2D eigenvalue weighted by atomic mass is 32.2. The first-order chi connectivity index (χ1) is 12.4. The van der Waals surface area contributed by atoms with Crippen molar-refractivity contribution in [3.8, 4) is 0 Å². The number of sulfonamides is 1. The van der Waals surface area contributed by atoms with Gasteiger partial charge in [-0.05, 0) is 50.0 Å². The number of pyridine rings is 1. The molecule has 0 bridgehead atoms. The van der Waals surface area contributed by atoms with E-state index in [2.05, 4.69) is 9.88 Å². The monoisotopic (exact) mass is 382 g/mol. The van der Waals surface area contributed by atoms with Crippen molar-refractivity contribution < 1.29 is 13.2 Å². The van der Waals surface area contributed by atoms with Gasteiger partial charge in [0.05, 0.1) is 5.75 Å². The lowest BCUT2D eigenvalue weighted by atomic mass is 10.1. The fraction of sp³-hybridized carbons (Fsp3) is 0.667. The van der Waals surface area contributed by atoms with E-state index in [0.29, 0.717) is 12.8 Å². The molecule has 0 saturated carbocycles. The van der Waals surface area contributed by atoms with Gasteiger partial charge in [0.15, 0.2) is 0 Å². The first kappa shape index (κ1) is 20.8. The molecule has 1 aliphatic heterocycles. The Labute approximate surface area is 157 Å². The third-order valence-electron chi connectivity index (χ3n) is 4.75. The van der Waals surface area contributed by atoms with Gasteiger partial charge in [0.25, 0.3) is 0 Å². The maximum Gasteiger partial charge on any atom is 0.222 e. The number of amides is 1. The Bertz CT molecular complexity index is 664. The summed E-state index contributed by atoms with van der Waals surface area (Å²) < 4.78 is 24.9. The molecule has 1 aromatic heterocycles. The van der Waals surface area contributed by atoms with Crippen LogP contribution in [-0.2, 0) is 21.2 Å². The molecule has 2 rings (SSSR count). The van der Waals surface area contributed by atoms with Gasteiger partial charge in [0, 0.05) is 52.5 Å². The van der Waals surface area contributed by atoms with E-state index in [1.165, 1.54) is 4.31 Å². The number of hydrogen-bond acceptors (Lipinski definition) is 5. The zero-order valence-corrected chi connectivity index (χ0v) is 16.6. The van der Waals surface area contributed by atoms with E-state index in [1.54, 1.807) is 26.5 Å². The summed E-state index contributed by atoms with van der Waals surface area (Å²) in [7, 11) is 0.00401. The molecule has 0 aromatic carbocycles. The smallest absolute Gasteiger partial charge is 0.222 e. The SMILES string of the molecule is CN(C)S(=O)(=O)CCCN1CCCN(C(=O)CCc2ccncc2)CC1. The highest BCUT2D eigenvalue weighted by molar-refractivity contribution is 7.89. The normalized spacial score (nSPS) is 16.7. The molecule has 0 N–H and O–H groups in total. The summed E-state index contributed by atoms with van der Waals surface area (Å²) >= 11 is 0. The van der Waals surface area contributed by atoms with E-state index in [0.717, 1.165) is 51.1 Å². The van der Waals surface area contributed by atoms with Crippen LogP contribution >= 0.6 is 0 Å². The van der Waals surface area contributed by atoms with Crippen molar-refractivity contribution in [2.75, 3.05) is 52.6 Å². The summed E-state index contributed by atoms with van der Waals surface area (Å²) in [4.78, 5) is 20.7. The van der Waals surface area contributed by atoms with Gasteiger partial charge < -0.3 is 9.80 Å². The fourth-order valence-corrected chi connectivity index (χ4v) is 3.91. The minimum Gasteiger partial charge on any atom is -0.341 e. The van der Waals surface area contributed by atoms with Crippen LogP contribution in [0.15, 0.2) is 24.5 Å². The average molecular weight is 383 g/mol. The van der Waals surface area contributed by atoms with Crippen molar-refractivity contribution >= 4 is 15.9 Å².